The standard InChI is InChI=1S/C18H27N3O3S.ClH/c1-14-5-2-3-12-21(14)25(23,24)17-9-7-15(8-10-17)18(22)20-11-4-6-16(20)13-19;/h7-10,14,16H,2-6,11-13,19H2,1H3;1H. The van der Waals surface area contributed by atoms with Crippen LogP contribution in [0.3, 0.4) is 0 Å². The van der Waals surface area contributed by atoms with Gasteiger partial charge in [-0.1, -0.05) is 6.42 Å². The van der Waals surface area contributed by atoms with Gasteiger partial charge in [-0.05, 0) is 56.9 Å². The summed E-state index contributed by atoms with van der Waals surface area (Å²) < 4.78 is 27.3. The summed E-state index contributed by atoms with van der Waals surface area (Å²) >= 11 is 0. The maximum atomic E-state index is 12.8. The van der Waals surface area contributed by atoms with Gasteiger partial charge in [-0.15, -0.1) is 12.4 Å². The van der Waals surface area contributed by atoms with Gasteiger partial charge in [-0.2, -0.15) is 4.31 Å². The lowest BCUT2D eigenvalue weighted by Gasteiger charge is -2.32. The van der Waals surface area contributed by atoms with E-state index in [0.29, 0.717) is 25.2 Å². The smallest absolute Gasteiger partial charge is 0.254 e. The molecule has 2 N–H and O–H groups in total. The number of nitrogens with zero attached hydrogens (tertiary/aromatic N) is 2. The van der Waals surface area contributed by atoms with Crippen LogP contribution in [0, 0.1) is 0 Å². The first-order valence-electron chi connectivity index (χ1n) is 9.08. The van der Waals surface area contributed by atoms with E-state index in [9.17, 15) is 13.2 Å². The Morgan fingerprint density at radius 3 is 2.42 bits per heavy atom. The summed E-state index contributed by atoms with van der Waals surface area (Å²) in [6, 6.07) is 6.46. The van der Waals surface area contributed by atoms with Crippen molar-refractivity contribution >= 4 is 28.3 Å². The lowest BCUT2D eigenvalue weighted by atomic mass is 10.1. The molecule has 0 spiro atoms. The maximum absolute atomic E-state index is 12.8. The molecule has 2 unspecified atom stereocenters. The van der Waals surface area contributed by atoms with Crippen LogP contribution in [0.2, 0.25) is 0 Å². The first kappa shape index (κ1) is 21.2. The van der Waals surface area contributed by atoms with Gasteiger partial charge in [0.15, 0.2) is 0 Å². The monoisotopic (exact) mass is 401 g/mol. The van der Waals surface area contributed by atoms with E-state index in [1.54, 1.807) is 33.5 Å². The number of amides is 1. The molecule has 1 aromatic carbocycles. The van der Waals surface area contributed by atoms with Crippen molar-refractivity contribution in [2.24, 2.45) is 5.73 Å². The molecule has 0 saturated carbocycles. The number of nitrogens with two attached hydrogens (primary N) is 1. The highest BCUT2D eigenvalue weighted by molar-refractivity contribution is 7.89. The van der Waals surface area contributed by atoms with Gasteiger partial charge in [-0.3, -0.25) is 4.79 Å². The summed E-state index contributed by atoms with van der Waals surface area (Å²) in [5.74, 6) is -0.0664. The number of hydrogen-bond donors (Lipinski definition) is 1. The average molecular weight is 402 g/mol. The average Bonchev–Trinajstić information content (AvgIpc) is 3.10. The van der Waals surface area contributed by atoms with Gasteiger partial charge in [0.1, 0.15) is 0 Å². The molecule has 26 heavy (non-hydrogen) atoms. The predicted molar refractivity (Wildman–Crippen MR) is 104 cm³/mol. The quantitative estimate of drug-likeness (QED) is 0.838. The minimum absolute atomic E-state index is 0. The van der Waals surface area contributed by atoms with Crippen LogP contribution in [0.25, 0.3) is 0 Å². The molecule has 1 amide bonds. The molecular weight excluding hydrogens is 374 g/mol. The number of rotatable bonds is 4. The van der Waals surface area contributed by atoms with Crippen LogP contribution in [0.15, 0.2) is 29.2 Å². The van der Waals surface area contributed by atoms with E-state index < -0.39 is 10.0 Å². The van der Waals surface area contributed by atoms with Crippen LogP contribution in [0.5, 0.6) is 0 Å². The van der Waals surface area contributed by atoms with E-state index >= 15 is 0 Å². The second-order valence-corrected chi connectivity index (χ2v) is 8.91. The van der Waals surface area contributed by atoms with Crippen molar-refractivity contribution < 1.29 is 13.2 Å². The molecule has 2 heterocycles. The van der Waals surface area contributed by atoms with Crippen molar-refractivity contribution in [1.82, 2.24) is 9.21 Å². The fourth-order valence-corrected chi connectivity index (χ4v) is 5.55. The van der Waals surface area contributed by atoms with Crippen LogP contribution in [0.4, 0.5) is 0 Å². The predicted octanol–water partition coefficient (Wildman–Crippen LogP) is 2.23. The zero-order chi connectivity index (χ0) is 18.0. The van der Waals surface area contributed by atoms with Crippen molar-refractivity contribution in [2.75, 3.05) is 19.6 Å². The molecule has 8 heteroatoms. The number of halogens is 1. The summed E-state index contributed by atoms with van der Waals surface area (Å²) in [7, 11) is -3.50. The van der Waals surface area contributed by atoms with Crippen molar-refractivity contribution in [2.45, 2.75) is 56.0 Å². The van der Waals surface area contributed by atoms with Crippen molar-refractivity contribution in [3.05, 3.63) is 29.8 Å². The Bertz CT molecular complexity index is 724. The maximum Gasteiger partial charge on any atom is 0.254 e. The van der Waals surface area contributed by atoms with Gasteiger partial charge >= 0.3 is 0 Å². The third-order valence-electron chi connectivity index (χ3n) is 5.36. The third kappa shape index (κ3) is 4.06. The van der Waals surface area contributed by atoms with Crippen LogP contribution in [-0.2, 0) is 10.0 Å². The Labute approximate surface area is 162 Å². The van der Waals surface area contributed by atoms with Crippen LogP contribution >= 0.6 is 12.4 Å². The van der Waals surface area contributed by atoms with Crippen molar-refractivity contribution in [3.8, 4) is 0 Å². The highest BCUT2D eigenvalue weighted by Gasteiger charge is 2.32. The second kappa shape index (κ2) is 8.69. The molecule has 0 aromatic heterocycles. The lowest BCUT2D eigenvalue weighted by Crippen LogP contribution is -2.42. The number of benzene rings is 1. The summed E-state index contributed by atoms with van der Waals surface area (Å²) in [6.45, 7) is 3.70. The molecule has 2 aliphatic rings. The Hall–Kier alpha value is -1.15. The minimum Gasteiger partial charge on any atom is -0.334 e. The lowest BCUT2D eigenvalue weighted by molar-refractivity contribution is 0.0741. The second-order valence-electron chi connectivity index (χ2n) is 7.02. The van der Waals surface area contributed by atoms with Gasteiger partial charge in [0.2, 0.25) is 10.0 Å². The molecule has 0 aliphatic carbocycles. The van der Waals surface area contributed by atoms with E-state index in [4.69, 9.17) is 5.73 Å². The molecule has 146 valence electrons. The highest BCUT2D eigenvalue weighted by Crippen LogP contribution is 2.26. The van der Waals surface area contributed by atoms with E-state index in [1.165, 1.54) is 0 Å². The SMILES string of the molecule is CC1CCCCN1S(=O)(=O)c1ccc(C(=O)N2CCCC2CN)cc1.Cl. The Balaban J connectivity index is 0.00000243. The van der Waals surface area contributed by atoms with Crippen LogP contribution in [-0.4, -0.2) is 55.2 Å². The minimum atomic E-state index is -3.50. The first-order chi connectivity index (χ1) is 11.9. The number of carbonyl (C=O) groups is 1. The Kier molecular flexibility index (Phi) is 7.07. The molecule has 0 radical (unpaired) electrons. The largest absolute Gasteiger partial charge is 0.334 e. The Morgan fingerprint density at radius 1 is 1.12 bits per heavy atom. The zero-order valence-electron chi connectivity index (χ0n) is 15.1. The summed E-state index contributed by atoms with van der Waals surface area (Å²) in [5, 5.41) is 0. The molecule has 3 rings (SSSR count). The molecule has 2 fully saturated rings. The normalized spacial score (nSPS) is 24.3. The number of piperidine rings is 1. The van der Waals surface area contributed by atoms with Gasteiger partial charge in [0.25, 0.3) is 5.91 Å². The molecule has 6 nitrogen and oxygen atoms in total. The first-order valence-corrected chi connectivity index (χ1v) is 10.5. The van der Waals surface area contributed by atoms with Crippen molar-refractivity contribution in [1.29, 1.82) is 0 Å². The number of sulfonamides is 1. The number of carbonyl (C=O) groups excluding carboxylic acids is 1. The molecule has 2 aliphatic heterocycles. The molecular formula is C18H28ClN3O3S. The van der Waals surface area contributed by atoms with E-state index in [2.05, 4.69) is 0 Å². The summed E-state index contributed by atoms with van der Waals surface area (Å²) in [5.41, 5.74) is 6.26. The van der Waals surface area contributed by atoms with Gasteiger partial charge in [-0.25, -0.2) is 8.42 Å². The van der Waals surface area contributed by atoms with Gasteiger partial charge < -0.3 is 10.6 Å². The number of hydrogen-bond acceptors (Lipinski definition) is 4. The van der Waals surface area contributed by atoms with E-state index in [1.807, 2.05) is 6.92 Å². The number of likely N-dealkylation sites (tertiary alicyclic amines) is 1. The summed E-state index contributed by atoms with van der Waals surface area (Å²) in [6.07, 6.45) is 4.76. The van der Waals surface area contributed by atoms with Crippen LogP contribution < -0.4 is 5.73 Å². The zero-order valence-corrected chi connectivity index (χ0v) is 16.8. The third-order valence-corrected chi connectivity index (χ3v) is 7.39. The molecule has 1 aromatic rings. The van der Waals surface area contributed by atoms with Crippen LogP contribution in [0.1, 0.15) is 49.4 Å². The Morgan fingerprint density at radius 2 is 1.81 bits per heavy atom. The molecule has 2 saturated heterocycles. The van der Waals surface area contributed by atoms with Gasteiger partial charge in [0, 0.05) is 37.3 Å². The van der Waals surface area contributed by atoms with E-state index in [-0.39, 0.29) is 35.3 Å². The topological polar surface area (TPSA) is 83.7 Å². The molecule has 0 bridgehead atoms. The fraction of sp³-hybridized carbons (Fsp3) is 0.611. The fourth-order valence-electron chi connectivity index (χ4n) is 3.85. The molecule has 2 atom stereocenters. The van der Waals surface area contributed by atoms with Gasteiger partial charge in [0.05, 0.1) is 4.90 Å². The van der Waals surface area contributed by atoms with Crippen molar-refractivity contribution in [3.63, 3.8) is 0 Å². The summed E-state index contributed by atoms with van der Waals surface area (Å²) in [4.78, 5) is 14.7. The highest BCUT2D eigenvalue weighted by atomic mass is 35.5. The van der Waals surface area contributed by atoms with E-state index in [0.717, 1.165) is 32.1 Å².